The molecule has 1 heterocycles. The maximum Gasteiger partial charge on any atom is 0.151 e. The van der Waals surface area contributed by atoms with Crippen LogP contribution in [0, 0.1) is 5.82 Å². The normalized spacial score (nSPS) is 15.5. The van der Waals surface area contributed by atoms with Crippen molar-refractivity contribution in [3.63, 3.8) is 0 Å². The van der Waals surface area contributed by atoms with Crippen LogP contribution in [0.3, 0.4) is 0 Å². The second-order valence-corrected chi connectivity index (χ2v) is 6.41. The van der Waals surface area contributed by atoms with Gasteiger partial charge in [0.05, 0.1) is 17.5 Å². The van der Waals surface area contributed by atoms with Crippen molar-refractivity contribution in [1.82, 2.24) is 10.3 Å². The Labute approximate surface area is 101 Å². The van der Waals surface area contributed by atoms with Gasteiger partial charge in [0.15, 0.2) is 9.84 Å². The van der Waals surface area contributed by atoms with E-state index in [1.165, 1.54) is 18.5 Å². The van der Waals surface area contributed by atoms with Crippen molar-refractivity contribution in [1.29, 1.82) is 0 Å². The fraction of sp³-hybridized carbons (Fsp3) is 0.545. The van der Waals surface area contributed by atoms with Gasteiger partial charge in [0.2, 0.25) is 0 Å². The van der Waals surface area contributed by atoms with Gasteiger partial charge in [0, 0.05) is 12.5 Å². The number of sulfone groups is 1. The van der Waals surface area contributed by atoms with Crippen molar-refractivity contribution >= 4 is 9.84 Å². The maximum atomic E-state index is 13.1. The van der Waals surface area contributed by atoms with Crippen LogP contribution in [0.15, 0.2) is 18.5 Å². The molecule has 0 spiro atoms. The molecule has 0 aromatic carbocycles. The van der Waals surface area contributed by atoms with Gasteiger partial charge in [-0.15, -0.1) is 0 Å². The maximum absolute atomic E-state index is 13.1. The van der Waals surface area contributed by atoms with E-state index in [2.05, 4.69) is 10.3 Å². The SMILES string of the molecule is CCNC(c1cncc(F)c1)C(C)S(C)(=O)=O. The van der Waals surface area contributed by atoms with E-state index < -0.39 is 26.9 Å². The molecule has 17 heavy (non-hydrogen) atoms. The van der Waals surface area contributed by atoms with Crippen molar-refractivity contribution in [3.8, 4) is 0 Å². The van der Waals surface area contributed by atoms with Gasteiger partial charge in [-0.05, 0) is 25.1 Å². The number of nitrogens with one attached hydrogen (secondary N) is 1. The lowest BCUT2D eigenvalue weighted by Gasteiger charge is -2.23. The van der Waals surface area contributed by atoms with Crippen LogP contribution in [0.25, 0.3) is 0 Å². The molecule has 0 aliphatic heterocycles. The molecule has 1 rings (SSSR count). The third kappa shape index (κ3) is 3.74. The summed E-state index contributed by atoms with van der Waals surface area (Å²) in [6.07, 6.45) is 3.75. The molecular weight excluding hydrogens is 243 g/mol. The zero-order chi connectivity index (χ0) is 13.1. The second kappa shape index (κ2) is 5.55. The monoisotopic (exact) mass is 260 g/mol. The van der Waals surface area contributed by atoms with Gasteiger partial charge in [-0.3, -0.25) is 4.98 Å². The number of nitrogens with zero attached hydrogens (tertiary/aromatic N) is 1. The minimum absolute atomic E-state index is 0.446. The molecule has 0 aliphatic carbocycles. The molecule has 1 N–H and O–H groups in total. The molecule has 96 valence electrons. The van der Waals surface area contributed by atoms with Crippen molar-refractivity contribution < 1.29 is 12.8 Å². The Balaban J connectivity index is 3.09. The number of halogens is 1. The van der Waals surface area contributed by atoms with Gasteiger partial charge in [0.1, 0.15) is 5.82 Å². The molecule has 2 atom stereocenters. The molecule has 6 heteroatoms. The fourth-order valence-corrected chi connectivity index (χ4v) is 2.37. The molecule has 0 aliphatic rings. The smallest absolute Gasteiger partial charge is 0.151 e. The second-order valence-electron chi connectivity index (χ2n) is 4.01. The number of pyridine rings is 1. The summed E-state index contributed by atoms with van der Waals surface area (Å²) >= 11 is 0. The van der Waals surface area contributed by atoms with E-state index >= 15 is 0 Å². The lowest BCUT2D eigenvalue weighted by Crippen LogP contribution is -2.35. The largest absolute Gasteiger partial charge is 0.309 e. The molecule has 0 saturated heterocycles. The van der Waals surface area contributed by atoms with E-state index in [1.807, 2.05) is 6.92 Å². The summed E-state index contributed by atoms with van der Waals surface area (Å²) in [5.74, 6) is -0.467. The first-order valence-corrected chi connectivity index (χ1v) is 7.34. The summed E-state index contributed by atoms with van der Waals surface area (Å²) in [6, 6.07) is 0.861. The zero-order valence-corrected chi connectivity index (χ0v) is 11.0. The molecule has 0 saturated carbocycles. The highest BCUT2D eigenvalue weighted by Gasteiger charge is 2.27. The van der Waals surface area contributed by atoms with E-state index in [1.54, 1.807) is 6.92 Å². The van der Waals surface area contributed by atoms with Crippen molar-refractivity contribution in [3.05, 3.63) is 29.8 Å². The standard InChI is InChI=1S/C11H17FN2O2S/c1-4-14-11(8(2)17(3,15)16)9-5-10(12)7-13-6-9/h5-8,11,14H,4H2,1-3H3. The lowest BCUT2D eigenvalue weighted by molar-refractivity contribution is 0.507. The summed E-state index contributed by atoms with van der Waals surface area (Å²) in [7, 11) is -3.20. The van der Waals surface area contributed by atoms with Gasteiger partial charge < -0.3 is 5.32 Å². The van der Waals surface area contributed by atoms with Crippen LogP contribution in [0.5, 0.6) is 0 Å². The van der Waals surface area contributed by atoms with Gasteiger partial charge in [-0.1, -0.05) is 6.92 Å². The van der Waals surface area contributed by atoms with Crippen molar-refractivity contribution in [2.45, 2.75) is 25.1 Å². The Hall–Kier alpha value is -1.01. The van der Waals surface area contributed by atoms with Gasteiger partial charge in [0.25, 0.3) is 0 Å². The summed E-state index contributed by atoms with van der Waals surface area (Å²) in [6.45, 7) is 4.07. The van der Waals surface area contributed by atoms with Crippen LogP contribution < -0.4 is 5.32 Å². The van der Waals surface area contributed by atoms with Crippen LogP contribution in [0.2, 0.25) is 0 Å². The average Bonchev–Trinajstić information content (AvgIpc) is 2.23. The average molecular weight is 260 g/mol. The minimum atomic E-state index is -3.20. The van der Waals surface area contributed by atoms with Crippen LogP contribution in [0.1, 0.15) is 25.5 Å². The Bertz CT molecular complexity index is 476. The van der Waals surface area contributed by atoms with E-state index in [9.17, 15) is 12.8 Å². The highest BCUT2D eigenvalue weighted by molar-refractivity contribution is 7.91. The Morgan fingerprint density at radius 3 is 2.59 bits per heavy atom. The number of hydrogen-bond donors (Lipinski definition) is 1. The van der Waals surface area contributed by atoms with Crippen molar-refractivity contribution in [2.75, 3.05) is 12.8 Å². The molecule has 2 unspecified atom stereocenters. The number of aromatic nitrogens is 1. The van der Waals surface area contributed by atoms with Crippen molar-refractivity contribution in [2.24, 2.45) is 0 Å². The summed E-state index contributed by atoms with van der Waals surface area (Å²) < 4.78 is 36.2. The lowest BCUT2D eigenvalue weighted by atomic mass is 10.1. The first-order chi connectivity index (χ1) is 7.86. The fourth-order valence-electron chi connectivity index (χ4n) is 1.62. The molecule has 0 amide bonds. The molecule has 1 aromatic rings. The van der Waals surface area contributed by atoms with Crippen LogP contribution in [-0.2, 0) is 9.84 Å². The molecule has 4 nitrogen and oxygen atoms in total. The van der Waals surface area contributed by atoms with Crippen LogP contribution in [0.4, 0.5) is 4.39 Å². The first-order valence-electron chi connectivity index (χ1n) is 5.39. The van der Waals surface area contributed by atoms with Crippen LogP contribution >= 0.6 is 0 Å². The Kier molecular flexibility index (Phi) is 4.59. The number of hydrogen-bond acceptors (Lipinski definition) is 4. The molecule has 0 radical (unpaired) electrons. The summed E-state index contributed by atoms with van der Waals surface area (Å²) in [5, 5.41) is 2.41. The minimum Gasteiger partial charge on any atom is -0.309 e. The molecule has 0 bridgehead atoms. The van der Waals surface area contributed by atoms with Crippen LogP contribution in [-0.4, -0.2) is 31.5 Å². The highest BCUT2D eigenvalue weighted by atomic mass is 32.2. The summed E-state index contributed by atoms with van der Waals surface area (Å²) in [4.78, 5) is 3.74. The number of rotatable bonds is 5. The van der Waals surface area contributed by atoms with E-state index in [-0.39, 0.29) is 0 Å². The molecule has 0 fully saturated rings. The summed E-state index contributed by atoms with van der Waals surface area (Å²) in [5.41, 5.74) is 0.546. The van der Waals surface area contributed by atoms with E-state index in [0.717, 1.165) is 6.20 Å². The van der Waals surface area contributed by atoms with Gasteiger partial charge >= 0.3 is 0 Å². The Morgan fingerprint density at radius 1 is 1.47 bits per heavy atom. The molecule has 1 aromatic heterocycles. The van der Waals surface area contributed by atoms with E-state index in [0.29, 0.717) is 12.1 Å². The van der Waals surface area contributed by atoms with Gasteiger partial charge in [-0.2, -0.15) is 0 Å². The third-order valence-electron chi connectivity index (χ3n) is 2.65. The third-order valence-corrected chi connectivity index (χ3v) is 4.28. The van der Waals surface area contributed by atoms with E-state index in [4.69, 9.17) is 0 Å². The quantitative estimate of drug-likeness (QED) is 0.867. The predicted molar refractivity (Wildman–Crippen MR) is 64.9 cm³/mol. The predicted octanol–water partition coefficient (Wildman–Crippen LogP) is 1.30. The highest BCUT2D eigenvalue weighted by Crippen LogP contribution is 2.21. The topological polar surface area (TPSA) is 59.1 Å². The van der Waals surface area contributed by atoms with Gasteiger partial charge in [-0.25, -0.2) is 12.8 Å². The molecular formula is C11H17FN2O2S. The first kappa shape index (κ1) is 14.1. The Morgan fingerprint density at radius 2 is 2.12 bits per heavy atom. The zero-order valence-electron chi connectivity index (χ0n) is 10.1.